The largest absolute Gasteiger partial charge is 0.380 e. The van der Waals surface area contributed by atoms with Crippen molar-refractivity contribution < 1.29 is 4.74 Å². The Morgan fingerprint density at radius 2 is 2.11 bits per heavy atom. The van der Waals surface area contributed by atoms with E-state index in [0.29, 0.717) is 6.04 Å². The summed E-state index contributed by atoms with van der Waals surface area (Å²) in [6, 6.07) is 0.342. The maximum atomic E-state index is 5.68. The van der Waals surface area contributed by atoms with Crippen molar-refractivity contribution in [1.82, 2.24) is 15.1 Å². The number of ether oxygens (including phenoxy) is 1. The van der Waals surface area contributed by atoms with E-state index in [1.807, 2.05) is 6.92 Å². The number of aryl methyl sites for hydroxylation is 2. The summed E-state index contributed by atoms with van der Waals surface area (Å²) in [6.07, 6.45) is 2.00. The van der Waals surface area contributed by atoms with Crippen molar-refractivity contribution in [1.29, 1.82) is 0 Å². The summed E-state index contributed by atoms with van der Waals surface area (Å²) >= 11 is 3.65. The molecule has 19 heavy (non-hydrogen) atoms. The van der Waals surface area contributed by atoms with Gasteiger partial charge in [-0.1, -0.05) is 13.8 Å². The van der Waals surface area contributed by atoms with Gasteiger partial charge in [-0.05, 0) is 42.7 Å². The summed E-state index contributed by atoms with van der Waals surface area (Å²) in [5.74, 6) is 0. The van der Waals surface area contributed by atoms with Gasteiger partial charge < -0.3 is 10.1 Å². The highest BCUT2D eigenvalue weighted by Gasteiger charge is 2.17. The first-order chi connectivity index (χ1) is 9.13. The standard InChI is InChI=1S/C14H26BrN3O/c1-5-8-19-10-12(16-6-2)9-13-14(15)11(4)17-18(13)7-3/h12,16H,5-10H2,1-4H3. The maximum absolute atomic E-state index is 5.68. The molecule has 0 spiro atoms. The predicted octanol–water partition coefficient (Wildman–Crippen LogP) is 2.92. The van der Waals surface area contributed by atoms with E-state index >= 15 is 0 Å². The Bertz CT molecular complexity index is 379. The number of rotatable bonds is 9. The fourth-order valence-electron chi connectivity index (χ4n) is 2.15. The van der Waals surface area contributed by atoms with Gasteiger partial charge in [0, 0.05) is 25.6 Å². The van der Waals surface area contributed by atoms with Crippen LogP contribution in [0, 0.1) is 6.92 Å². The van der Waals surface area contributed by atoms with Crippen LogP contribution < -0.4 is 5.32 Å². The summed E-state index contributed by atoms with van der Waals surface area (Å²) in [5, 5.41) is 8.03. The van der Waals surface area contributed by atoms with E-state index in [9.17, 15) is 0 Å². The topological polar surface area (TPSA) is 39.1 Å². The minimum Gasteiger partial charge on any atom is -0.380 e. The Morgan fingerprint density at radius 1 is 1.37 bits per heavy atom. The molecule has 0 saturated heterocycles. The number of aromatic nitrogens is 2. The molecule has 1 N–H and O–H groups in total. The highest BCUT2D eigenvalue weighted by molar-refractivity contribution is 9.10. The molecule has 1 rings (SSSR count). The van der Waals surface area contributed by atoms with Crippen LogP contribution in [0.25, 0.3) is 0 Å². The van der Waals surface area contributed by atoms with Crippen molar-refractivity contribution in [3.05, 3.63) is 15.9 Å². The van der Waals surface area contributed by atoms with E-state index in [2.05, 4.69) is 51.8 Å². The smallest absolute Gasteiger partial charge is 0.0738 e. The molecule has 1 unspecified atom stereocenters. The zero-order valence-corrected chi connectivity index (χ0v) is 14.1. The second-order valence-corrected chi connectivity index (χ2v) is 5.49. The average molecular weight is 332 g/mol. The highest BCUT2D eigenvalue weighted by atomic mass is 79.9. The normalized spacial score (nSPS) is 12.9. The van der Waals surface area contributed by atoms with Crippen LogP contribution in [0.2, 0.25) is 0 Å². The lowest BCUT2D eigenvalue weighted by molar-refractivity contribution is 0.111. The van der Waals surface area contributed by atoms with Gasteiger partial charge in [0.2, 0.25) is 0 Å². The van der Waals surface area contributed by atoms with Crippen LogP contribution in [0.1, 0.15) is 38.6 Å². The van der Waals surface area contributed by atoms with Gasteiger partial charge in [0.1, 0.15) is 0 Å². The van der Waals surface area contributed by atoms with Crippen molar-refractivity contribution in [3.63, 3.8) is 0 Å². The lowest BCUT2D eigenvalue weighted by Crippen LogP contribution is -2.36. The minimum atomic E-state index is 0.342. The van der Waals surface area contributed by atoms with Gasteiger partial charge >= 0.3 is 0 Å². The quantitative estimate of drug-likeness (QED) is 0.707. The zero-order valence-electron chi connectivity index (χ0n) is 12.5. The number of hydrogen-bond acceptors (Lipinski definition) is 3. The minimum absolute atomic E-state index is 0.342. The summed E-state index contributed by atoms with van der Waals surface area (Å²) in [4.78, 5) is 0. The molecule has 5 heteroatoms. The monoisotopic (exact) mass is 331 g/mol. The molecule has 0 amide bonds. The summed E-state index contributed by atoms with van der Waals surface area (Å²) < 4.78 is 8.89. The van der Waals surface area contributed by atoms with Crippen LogP contribution in [0.15, 0.2) is 4.47 Å². The molecule has 110 valence electrons. The third-order valence-corrected chi connectivity index (χ3v) is 4.08. The summed E-state index contributed by atoms with van der Waals surface area (Å²) in [5.41, 5.74) is 2.31. The second-order valence-electron chi connectivity index (χ2n) is 4.70. The molecule has 0 aliphatic rings. The molecule has 0 saturated carbocycles. The van der Waals surface area contributed by atoms with Gasteiger partial charge in [-0.2, -0.15) is 5.10 Å². The molecule has 0 fully saturated rings. The molecule has 0 aliphatic carbocycles. The van der Waals surface area contributed by atoms with Crippen LogP contribution in [0.4, 0.5) is 0 Å². The summed E-state index contributed by atoms with van der Waals surface area (Å²) in [6.45, 7) is 11.9. The fraction of sp³-hybridized carbons (Fsp3) is 0.786. The van der Waals surface area contributed by atoms with E-state index in [1.165, 1.54) is 5.69 Å². The van der Waals surface area contributed by atoms with E-state index in [1.54, 1.807) is 0 Å². The first kappa shape index (κ1) is 16.7. The third kappa shape index (κ3) is 4.89. The lowest BCUT2D eigenvalue weighted by Gasteiger charge is -2.18. The van der Waals surface area contributed by atoms with Crippen LogP contribution in [0.3, 0.4) is 0 Å². The molecular formula is C14H26BrN3O. The first-order valence-electron chi connectivity index (χ1n) is 7.16. The van der Waals surface area contributed by atoms with Gasteiger partial charge in [0.25, 0.3) is 0 Å². The molecule has 0 bridgehead atoms. The van der Waals surface area contributed by atoms with Crippen molar-refractivity contribution in [3.8, 4) is 0 Å². The van der Waals surface area contributed by atoms with Crippen LogP contribution in [-0.2, 0) is 17.7 Å². The molecule has 1 heterocycles. The number of nitrogens with one attached hydrogen (secondary N) is 1. The van der Waals surface area contributed by atoms with Crippen molar-refractivity contribution >= 4 is 15.9 Å². The predicted molar refractivity (Wildman–Crippen MR) is 82.6 cm³/mol. The van der Waals surface area contributed by atoms with E-state index in [-0.39, 0.29) is 0 Å². The van der Waals surface area contributed by atoms with Crippen LogP contribution in [0.5, 0.6) is 0 Å². The van der Waals surface area contributed by atoms with Gasteiger partial charge in [0.15, 0.2) is 0 Å². The van der Waals surface area contributed by atoms with Gasteiger partial charge in [-0.3, -0.25) is 4.68 Å². The van der Waals surface area contributed by atoms with Gasteiger partial charge in [0.05, 0.1) is 22.5 Å². The lowest BCUT2D eigenvalue weighted by atomic mass is 10.1. The molecule has 4 nitrogen and oxygen atoms in total. The second kappa shape index (κ2) is 8.72. The van der Waals surface area contributed by atoms with Crippen molar-refractivity contribution in [2.24, 2.45) is 0 Å². The Kier molecular flexibility index (Phi) is 7.64. The molecule has 1 aromatic heterocycles. The Labute approximate surface area is 125 Å². The molecule has 0 aliphatic heterocycles. The Balaban J connectivity index is 2.72. The SMILES string of the molecule is CCCOCC(Cc1c(Br)c(C)nn1CC)NCC. The summed E-state index contributed by atoms with van der Waals surface area (Å²) in [7, 11) is 0. The van der Waals surface area contributed by atoms with Crippen LogP contribution >= 0.6 is 15.9 Å². The maximum Gasteiger partial charge on any atom is 0.0738 e. The molecule has 0 aromatic carbocycles. The van der Waals surface area contributed by atoms with E-state index in [0.717, 1.165) is 49.3 Å². The molecule has 0 radical (unpaired) electrons. The number of halogens is 1. The molecule has 1 atom stereocenters. The van der Waals surface area contributed by atoms with E-state index in [4.69, 9.17) is 4.74 Å². The Morgan fingerprint density at radius 3 is 2.68 bits per heavy atom. The molecular weight excluding hydrogens is 306 g/mol. The number of hydrogen-bond donors (Lipinski definition) is 1. The van der Waals surface area contributed by atoms with E-state index < -0.39 is 0 Å². The van der Waals surface area contributed by atoms with Crippen LogP contribution in [-0.4, -0.2) is 35.6 Å². The highest BCUT2D eigenvalue weighted by Crippen LogP contribution is 2.22. The third-order valence-electron chi connectivity index (χ3n) is 3.05. The Hall–Kier alpha value is -0.390. The first-order valence-corrected chi connectivity index (χ1v) is 7.96. The van der Waals surface area contributed by atoms with Crippen molar-refractivity contribution in [2.75, 3.05) is 19.8 Å². The number of nitrogens with zero attached hydrogens (tertiary/aromatic N) is 2. The fourth-order valence-corrected chi connectivity index (χ4v) is 2.59. The van der Waals surface area contributed by atoms with Gasteiger partial charge in [-0.25, -0.2) is 0 Å². The zero-order chi connectivity index (χ0) is 14.3. The van der Waals surface area contributed by atoms with Gasteiger partial charge in [-0.15, -0.1) is 0 Å². The van der Waals surface area contributed by atoms with Crippen molar-refractivity contribution in [2.45, 2.75) is 53.1 Å². The average Bonchev–Trinajstić information content (AvgIpc) is 2.67. The molecule has 1 aromatic rings. The number of likely N-dealkylation sites (N-methyl/N-ethyl adjacent to an activating group) is 1.